The molecule has 0 bridgehead atoms. The molecule has 26 heavy (non-hydrogen) atoms. The SMILES string of the molecule is COc1ccc2c(=O)c3ccccc3oc2c1/C=C\CN1CCCCC1. The topological polar surface area (TPSA) is 42.7 Å². The van der Waals surface area contributed by atoms with Crippen molar-refractivity contribution in [3.8, 4) is 5.75 Å². The van der Waals surface area contributed by atoms with Crippen LogP contribution in [-0.2, 0) is 0 Å². The maximum absolute atomic E-state index is 12.8. The van der Waals surface area contributed by atoms with Crippen LogP contribution < -0.4 is 10.2 Å². The van der Waals surface area contributed by atoms with Crippen molar-refractivity contribution in [2.75, 3.05) is 26.7 Å². The monoisotopic (exact) mass is 349 g/mol. The van der Waals surface area contributed by atoms with Crippen LogP contribution in [0.4, 0.5) is 0 Å². The highest BCUT2D eigenvalue weighted by Crippen LogP contribution is 2.30. The average molecular weight is 349 g/mol. The van der Waals surface area contributed by atoms with Crippen molar-refractivity contribution >= 4 is 28.0 Å². The number of nitrogens with zero attached hydrogens (tertiary/aromatic N) is 1. The van der Waals surface area contributed by atoms with Crippen LogP contribution in [0.15, 0.2) is 51.7 Å². The van der Waals surface area contributed by atoms with E-state index in [1.807, 2.05) is 30.3 Å². The smallest absolute Gasteiger partial charge is 0.200 e. The van der Waals surface area contributed by atoms with Crippen molar-refractivity contribution in [1.29, 1.82) is 0 Å². The minimum atomic E-state index is -0.00446. The molecule has 2 aromatic carbocycles. The third kappa shape index (κ3) is 3.13. The molecule has 1 aromatic heterocycles. The fourth-order valence-electron chi connectivity index (χ4n) is 3.67. The zero-order chi connectivity index (χ0) is 17.9. The van der Waals surface area contributed by atoms with E-state index in [0.717, 1.165) is 25.2 Å². The predicted octanol–water partition coefficient (Wildman–Crippen LogP) is 4.45. The lowest BCUT2D eigenvalue weighted by atomic mass is 10.1. The molecule has 4 nitrogen and oxygen atoms in total. The molecular formula is C22H23NO3. The van der Waals surface area contributed by atoms with Gasteiger partial charge in [0.05, 0.1) is 23.4 Å². The van der Waals surface area contributed by atoms with E-state index < -0.39 is 0 Å². The Kier molecular flexibility index (Phi) is 4.76. The first-order chi connectivity index (χ1) is 12.8. The molecule has 1 aliphatic heterocycles. The summed E-state index contributed by atoms with van der Waals surface area (Å²) in [4.78, 5) is 15.3. The molecule has 0 spiro atoms. The number of fused-ring (bicyclic) bond motifs is 2. The molecular weight excluding hydrogens is 326 g/mol. The first-order valence-electron chi connectivity index (χ1n) is 9.19. The molecule has 3 aromatic rings. The number of ether oxygens (including phenoxy) is 1. The molecule has 4 heteroatoms. The molecule has 1 aliphatic rings. The second-order valence-electron chi connectivity index (χ2n) is 6.75. The third-order valence-electron chi connectivity index (χ3n) is 5.06. The van der Waals surface area contributed by atoms with Gasteiger partial charge in [-0.25, -0.2) is 0 Å². The van der Waals surface area contributed by atoms with Crippen molar-refractivity contribution in [1.82, 2.24) is 4.90 Å². The number of benzene rings is 2. The van der Waals surface area contributed by atoms with Crippen LogP contribution in [0.5, 0.6) is 5.75 Å². The third-order valence-corrected chi connectivity index (χ3v) is 5.06. The molecule has 2 heterocycles. The number of hydrogen-bond donors (Lipinski definition) is 0. The van der Waals surface area contributed by atoms with Gasteiger partial charge in [-0.3, -0.25) is 9.69 Å². The Labute approximate surface area is 152 Å². The summed E-state index contributed by atoms with van der Waals surface area (Å²) in [6.07, 6.45) is 8.03. The second kappa shape index (κ2) is 7.34. The number of para-hydroxylation sites is 1. The van der Waals surface area contributed by atoms with Crippen LogP contribution in [0.1, 0.15) is 24.8 Å². The van der Waals surface area contributed by atoms with Crippen molar-refractivity contribution in [3.05, 3.63) is 58.3 Å². The van der Waals surface area contributed by atoms with Crippen LogP contribution in [0.3, 0.4) is 0 Å². The fraction of sp³-hybridized carbons (Fsp3) is 0.318. The van der Waals surface area contributed by atoms with E-state index >= 15 is 0 Å². The highest BCUT2D eigenvalue weighted by atomic mass is 16.5. The van der Waals surface area contributed by atoms with Gasteiger partial charge in [-0.2, -0.15) is 0 Å². The van der Waals surface area contributed by atoms with Crippen LogP contribution in [-0.4, -0.2) is 31.6 Å². The van der Waals surface area contributed by atoms with Gasteiger partial charge in [-0.1, -0.05) is 30.7 Å². The summed E-state index contributed by atoms with van der Waals surface area (Å²) in [7, 11) is 1.64. The maximum Gasteiger partial charge on any atom is 0.200 e. The molecule has 0 unspecified atom stereocenters. The van der Waals surface area contributed by atoms with Crippen LogP contribution in [0, 0.1) is 0 Å². The fourth-order valence-corrected chi connectivity index (χ4v) is 3.67. The molecule has 1 fully saturated rings. The van der Waals surface area contributed by atoms with E-state index in [9.17, 15) is 4.79 Å². The molecule has 0 amide bonds. The Bertz CT molecular complexity index is 1010. The molecule has 134 valence electrons. The first-order valence-corrected chi connectivity index (χ1v) is 9.19. The lowest BCUT2D eigenvalue weighted by Crippen LogP contribution is -2.29. The summed E-state index contributed by atoms with van der Waals surface area (Å²) in [5.41, 5.74) is 2.01. The van der Waals surface area contributed by atoms with E-state index in [1.165, 1.54) is 19.3 Å². The summed E-state index contributed by atoms with van der Waals surface area (Å²) in [5.74, 6) is 0.714. The van der Waals surface area contributed by atoms with Gasteiger partial charge in [0.25, 0.3) is 0 Å². The van der Waals surface area contributed by atoms with E-state index in [0.29, 0.717) is 27.7 Å². The summed E-state index contributed by atoms with van der Waals surface area (Å²) < 4.78 is 11.6. The van der Waals surface area contributed by atoms with Crippen LogP contribution in [0.2, 0.25) is 0 Å². The second-order valence-corrected chi connectivity index (χ2v) is 6.75. The highest BCUT2D eigenvalue weighted by molar-refractivity contribution is 5.95. The van der Waals surface area contributed by atoms with Crippen molar-refractivity contribution in [2.45, 2.75) is 19.3 Å². The number of methoxy groups -OCH3 is 1. The average Bonchev–Trinajstić information content (AvgIpc) is 2.69. The minimum Gasteiger partial charge on any atom is -0.496 e. The molecule has 0 aliphatic carbocycles. The minimum absolute atomic E-state index is 0.00446. The molecule has 0 saturated carbocycles. The molecule has 0 radical (unpaired) electrons. The Balaban J connectivity index is 1.79. The zero-order valence-corrected chi connectivity index (χ0v) is 15.0. The number of hydrogen-bond acceptors (Lipinski definition) is 4. The molecule has 4 rings (SSSR count). The molecule has 1 saturated heterocycles. The van der Waals surface area contributed by atoms with Crippen molar-refractivity contribution in [3.63, 3.8) is 0 Å². The molecule has 0 atom stereocenters. The largest absolute Gasteiger partial charge is 0.496 e. The Hall–Kier alpha value is -2.59. The van der Waals surface area contributed by atoms with Gasteiger partial charge < -0.3 is 9.15 Å². The van der Waals surface area contributed by atoms with Gasteiger partial charge in [0, 0.05) is 6.54 Å². The quantitative estimate of drug-likeness (QED) is 0.653. The summed E-state index contributed by atoms with van der Waals surface area (Å²) in [5, 5.41) is 1.19. The Morgan fingerprint density at radius 2 is 1.88 bits per heavy atom. The van der Waals surface area contributed by atoms with Gasteiger partial charge in [0.2, 0.25) is 5.43 Å². The van der Waals surface area contributed by atoms with Gasteiger partial charge in [-0.15, -0.1) is 0 Å². The van der Waals surface area contributed by atoms with E-state index in [-0.39, 0.29) is 5.43 Å². The van der Waals surface area contributed by atoms with Gasteiger partial charge >= 0.3 is 0 Å². The number of piperidine rings is 1. The van der Waals surface area contributed by atoms with Crippen LogP contribution in [0.25, 0.3) is 28.0 Å². The van der Waals surface area contributed by atoms with Crippen molar-refractivity contribution < 1.29 is 9.15 Å². The van der Waals surface area contributed by atoms with Gasteiger partial charge in [0.15, 0.2) is 0 Å². The first kappa shape index (κ1) is 16.9. The molecule has 0 N–H and O–H groups in total. The Morgan fingerprint density at radius 1 is 1.08 bits per heavy atom. The van der Waals surface area contributed by atoms with Crippen LogP contribution >= 0.6 is 0 Å². The highest BCUT2D eigenvalue weighted by Gasteiger charge is 2.14. The summed E-state index contributed by atoms with van der Waals surface area (Å²) >= 11 is 0. The van der Waals surface area contributed by atoms with E-state index in [2.05, 4.69) is 11.0 Å². The summed E-state index contributed by atoms with van der Waals surface area (Å²) in [6.45, 7) is 3.20. The number of likely N-dealkylation sites (tertiary alicyclic amines) is 1. The lowest BCUT2D eigenvalue weighted by molar-refractivity contribution is 0.252. The van der Waals surface area contributed by atoms with Gasteiger partial charge in [-0.05, 0) is 50.2 Å². The van der Waals surface area contributed by atoms with E-state index in [4.69, 9.17) is 9.15 Å². The maximum atomic E-state index is 12.8. The van der Waals surface area contributed by atoms with E-state index in [1.54, 1.807) is 19.2 Å². The Morgan fingerprint density at radius 3 is 2.69 bits per heavy atom. The predicted molar refractivity (Wildman–Crippen MR) is 106 cm³/mol. The normalized spacial score (nSPS) is 15.9. The summed E-state index contributed by atoms with van der Waals surface area (Å²) in [6, 6.07) is 11.0. The standard InChI is InChI=1S/C22H23NO3/c1-25-19-12-11-18-21(24)16-8-3-4-10-20(16)26-22(18)17(19)9-7-15-23-13-5-2-6-14-23/h3-4,7-12H,2,5-6,13-15H2,1H3/b9-7-. The van der Waals surface area contributed by atoms with Crippen molar-refractivity contribution in [2.24, 2.45) is 0 Å². The zero-order valence-electron chi connectivity index (χ0n) is 15.0. The lowest BCUT2D eigenvalue weighted by Gasteiger charge is -2.24. The number of rotatable bonds is 4. The van der Waals surface area contributed by atoms with Gasteiger partial charge in [0.1, 0.15) is 16.9 Å².